The molecule has 0 saturated heterocycles. The van der Waals surface area contributed by atoms with E-state index in [0.717, 1.165) is 22.5 Å². The molecule has 18 heavy (non-hydrogen) atoms. The van der Waals surface area contributed by atoms with Crippen molar-refractivity contribution in [2.75, 3.05) is 0 Å². The largest absolute Gasteiger partial charge is 0.314 e. The molecule has 0 N–H and O–H groups in total. The summed E-state index contributed by atoms with van der Waals surface area (Å²) in [4.78, 5) is 4.34. The first kappa shape index (κ1) is 10.5. The number of nitrogens with zero attached hydrogens (tertiary/aromatic N) is 3. The summed E-state index contributed by atoms with van der Waals surface area (Å²) in [6, 6.07) is 13.9. The third kappa shape index (κ3) is 1.47. The van der Waals surface area contributed by atoms with E-state index < -0.39 is 0 Å². The summed E-state index contributed by atoms with van der Waals surface area (Å²) >= 11 is 0. The maximum Gasteiger partial charge on any atom is 0.101 e. The average molecular weight is 233 g/mol. The first-order valence-corrected chi connectivity index (χ1v) is 5.73. The Morgan fingerprint density at radius 3 is 2.83 bits per heavy atom. The topological polar surface area (TPSA) is 41.1 Å². The highest BCUT2D eigenvalue weighted by molar-refractivity contribution is 5.74. The van der Waals surface area contributed by atoms with Crippen molar-refractivity contribution < 1.29 is 0 Å². The number of aromatic nitrogens is 2. The van der Waals surface area contributed by atoms with Crippen LogP contribution in [0, 0.1) is 18.3 Å². The first-order chi connectivity index (χ1) is 8.81. The Morgan fingerprint density at radius 1 is 1.22 bits per heavy atom. The van der Waals surface area contributed by atoms with Gasteiger partial charge in [0, 0.05) is 17.9 Å². The highest BCUT2D eigenvalue weighted by atomic mass is 14.9. The van der Waals surface area contributed by atoms with E-state index in [1.807, 2.05) is 53.9 Å². The maximum atomic E-state index is 9.28. The highest BCUT2D eigenvalue weighted by Gasteiger charge is 2.13. The van der Waals surface area contributed by atoms with Gasteiger partial charge in [0.2, 0.25) is 0 Å². The van der Waals surface area contributed by atoms with Gasteiger partial charge in [-0.2, -0.15) is 5.26 Å². The van der Waals surface area contributed by atoms with E-state index in [1.54, 1.807) is 6.20 Å². The van der Waals surface area contributed by atoms with Crippen LogP contribution < -0.4 is 0 Å². The van der Waals surface area contributed by atoms with Gasteiger partial charge < -0.3 is 4.40 Å². The quantitative estimate of drug-likeness (QED) is 0.647. The highest BCUT2D eigenvalue weighted by Crippen LogP contribution is 2.26. The molecular weight excluding hydrogens is 222 g/mol. The fourth-order valence-electron chi connectivity index (χ4n) is 2.19. The molecule has 0 aromatic carbocycles. The van der Waals surface area contributed by atoms with Gasteiger partial charge in [0.05, 0.1) is 17.0 Å². The summed E-state index contributed by atoms with van der Waals surface area (Å²) in [5.41, 5.74) is 4.53. The zero-order chi connectivity index (χ0) is 12.5. The number of fused-ring (bicyclic) bond motifs is 1. The van der Waals surface area contributed by atoms with Crippen LogP contribution in [0.1, 0.15) is 11.1 Å². The molecule has 0 fully saturated rings. The molecule has 3 rings (SSSR count). The van der Waals surface area contributed by atoms with Crippen LogP contribution in [0.2, 0.25) is 0 Å². The summed E-state index contributed by atoms with van der Waals surface area (Å²) in [7, 11) is 0. The molecule has 3 heterocycles. The van der Waals surface area contributed by atoms with Crippen LogP contribution in [-0.4, -0.2) is 9.38 Å². The molecule has 3 aromatic rings. The molecule has 0 aliphatic carbocycles. The predicted molar refractivity (Wildman–Crippen MR) is 70.1 cm³/mol. The minimum atomic E-state index is 0.656. The van der Waals surface area contributed by atoms with Gasteiger partial charge in [0.15, 0.2) is 0 Å². The molecular formula is C15H11N3. The summed E-state index contributed by atoms with van der Waals surface area (Å²) in [5.74, 6) is 0. The molecule has 0 atom stereocenters. The first-order valence-electron chi connectivity index (χ1n) is 5.73. The van der Waals surface area contributed by atoms with Gasteiger partial charge in [-0.05, 0) is 36.8 Å². The molecule has 0 unspecified atom stereocenters. The lowest BCUT2D eigenvalue weighted by atomic mass is 10.2. The number of aryl methyl sites for hydroxylation is 1. The van der Waals surface area contributed by atoms with Gasteiger partial charge in [0.1, 0.15) is 6.07 Å². The zero-order valence-electron chi connectivity index (χ0n) is 9.96. The monoisotopic (exact) mass is 233 g/mol. The lowest BCUT2D eigenvalue weighted by Gasteiger charge is -2.04. The lowest BCUT2D eigenvalue weighted by molar-refractivity contribution is 1.16. The molecule has 0 aliphatic heterocycles. The Bertz CT molecular complexity index is 748. The Labute approximate surface area is 105 Å². The van der Waals surface area contributed by atoms with Crippen molar-refractivity contribution in [1.82, 2.24) is 9.38 Å². The Hall–Kier alpha value is -2.60. The molecule has 0 amide bonds. The third-order valence-electron chi connectivity index (χ3n) is 3.05. The van der Waals surface area contributed by atoms with Crippen molar-refractivity contribution in [1.29, 1.82) is 5.26 Å². The normalized spacial score (nSPS) is 10.4. The molecule has 86 valence electrons. The number of hydrogen-bond acceptors (Lipinski definition) is 2. The van der Waals surface area contributed by atoms with Crippen LogP contribution in [0.5, 0.6) is 0 Å². The second-order valence-electron chi connectivity index (χ2n) is 4.18. The second kappa shape index (κ2) is 4.01. The summed E-state index contributed by atoms with van der Waals surface area (Å²) < 4.78 is 2.02. The average Bonchev–Trinajstić information content (AvgIpc) is 2.80. The smallest absolute Gasteiger partial charge is 0.101 e. The van der Waals surface area contributed by atoms with E-state index in [0.29, 0.717) is 5.56 Å². The van der Waals surface area contributed by atoms with Gasteiger partial charge in [0.25, 0.3) is 0 Å². The third-order valence-corrected chi connectivity index (χ3v) is 3.05. The fourth-order valence-corrected chi connectivity index (χ4v) is 2.19. The van der Waals surface area contributed by atoms with Crippen LogP contribution >= 0.6 is 0 Å². The molecule has 0 radical (unpaired) electrons. The van der Waals surface area contributed by atoms with Gasteiger partial charge >= 0.3 is 0 Å². The number of hydrogen-bond donors (Lipinski definition) is 0. The Kier molecular flexibility index (Phi) is 2.35. The standard InChI is InChI=1S/C15H11N3/c1-11-5-4-8-18-14(11)9-12(10-16)15(18)13-6-2-3-7-17-13/h2-9H,1H3. The van der Waals surface area contributed by atoms with Crippen molar-refractivity contribution in [3.8, 4) is 17.5 Å². The molecule has 0 aliphatic rings. The molecule has 0 spiro atoms. The van der Waals surface area contributed by atoms with E-state index >= 15 is 0 Å². The summed E-state index contributed by atoms with van der Waals surface area (Å²) in [6.07, 6.45) is 3.71. The second-order valence-corrected chi connectivity index (χ2v) is 4.18. The number of nitriles is 1. The van der Waals surface area contributed by atoms with Crippen LogP contribution in [0.25, 0.3) is 16.9 Å². The molecule has 0 bridgehead atoms. The van der Waals surface area contributed by atoms with Crippen molar-refractivity contribution in [3.05, 3.63) is 59.9 Å². The van der Waals surface area contributed by atoms with E-state index in [4.69, 9.17) is 0 Å². The number of rotatable bonds is 1. The van der Waals surface area contributed by atoms with Crippen LogP contribution in [-0.2, 0) is 0 Å². The van der Waals surface area contributed by atoms with E-state index in [1.165, 1.54) is 0 Å². The SMILES string of the molecule is Cc1cccn2c(-c3ccccn3)c(C#N)cc12. The molecule has 3 nitrogen and oxygen atoms in total. The van der Waals surface area contributed by atoms with E-state index in [-0.39, 0.29) is 0 Å². The Balaban J connectivity index is 2.42. The minimum Gasteiger partial charge on any atom is -0.314 e. The van der Waals surface area contributed by atoms with Gasteiger partial charge in [-0.3, -0.25) is 4.98 Å². The van der Waals surface area contributed by atoms with Crippen LogP contribution in [0.15, 0.2) is 48.8 Å². The van der Waals surface area contributed by atoms with Gasteiger partial charge in [-0.15, -0.1) is 0 Å². The van der Waals surface area contributed by atoms with Crippen LogP contribution in [0.3, 0.4) is 0 Å². The van der Waals surface area contributed by atoms with E-state index in [9.17, 15) is 5.26 Å². The zero-order valence-corrected chi connectivity index (χ0v) is 9.96. The van der Waals surface area contributed by atoms with Gasteiger partial charge in [-0.1, -0.05) is 12.1 Å². The fraction of sp³-hybridized carbons (Fsp3) is 0.0667. The minimum absolute atomic E-state index is 0.656. The van der Waals surface area contributed by atoms with Crippen molar-refractivity contribution in [2.45, 2.75) is 6.92 Å². The molecule has 3 heteroatoms. The van der Waals surface area contributed by atoms with Gasteiger partial charge in [-0.25, -0.2) is 0 Å². The maximum absolute atomic E-state index is 9.28. The number of pyridine rings is 2. The van der Waals surface area contributed by atoms with Crippen molar-refractivity contribution in [2.24, 2.45) is 0 Å². The van der Waals surface area contributed by atoms with Crippen molar-refractivity contribution >= 4 is 5.52 Å². The summed E-state index contributed by atoms with van der Waals surface area (Å²) in [5, 5.41) is 9.28. The Morgan fingerprint density at radius 2 is 2.11 bits per heavy atom. The predicted octanol–water partition coefficient (Wildman–Crippen LogP) is 3.18. The van der Waals surface area contributed by atoms with E-state index in [2.05, 4.69) is 11.1 Å². The molecule has 3 aromatic heterocycles. The molecule has 0 saturated carbocycles. The van der Waals surface area contributed by atoms with Crippen molar-refractivity contribution in [3.63, 3.8) is 0 Å². The summed E-state index contributed by atoms with van der Waals surface area (Å²) in [6.45, 7) is 2.04. The lowest BCUT2D eigenvalue weighted by Crippen LogP contribution is -1.92. The van der Waals surface area contributed by atoms with Crippen LogP contribution in [0.4, 0.5) is 0 Å².